The third-order valence-electron chi connectivity index (χ3n) is 6.51. The quantitative estimate of drug-likeness (QED) is 0.346. The number of hydrogen-bond acceptors (Lipinski definition) is 7. The number of amides is 2. The number of likely N-dealkylation sites (tertiary alicyclic amines) is 1. The number of rotatable bonds is 6. The fourth-order valence-corrected chi connectivity index (χ4v) is 4.45. The van der Waals surface area contributed by atoms with Crippen molar-refractivity contribution in [2.75, 3.05) is 19.6 Å². The molecular weight excluding hydrogens is 511 g/mol. The summed E-state index contributed by atoms with van der Waals surface area (Å²) >= 11 is 1.37. The third kappa shape index (κ3) is 12.9. The lowest BCUT2D eigenvalue weighted by Crippen LogP contribution is -2.41. The maximum absolute atomic E-state index is 11.7. The number of thiazole rings is 1. The molecule has 1 aromatic heterocycles. The number of benzene rings is 1. The molecule has 1 saturated heterocycles. The van der Waals surface area contributed by atoms with E-state index >= 15 is 0 Å². The summed E-state index contributed by atoms with van der Waals surface area (Å²) in [5, 5.41) is 22.2. The predicted octanol–water partition coefficient (Wildman–Crippen LogP) is 5.75. The van der Waals surface area contributed by atoms with Gasteiger partial charge in [0.15, 0.2) is 0 Å². The molecule has 1 aromatic carbocycles. The number of phenolic OH excluding ortho intramolecular Hbond substituents is 1. The standard InChI is InChI=1S/C11H18BN3O2.C10H7NO2S.C6H12.C2H6/c1-9(12(2)8-13)11(17)14-7-10(16)15-5-3-4-6-15;12-8-3-1-2-7(4-8)10(13)9-5-14-6-11-9;1-2-4-6-5-3-1;1-2/h9H,3-7H2,1-2H3,(H,14,17);1-6,12H;1-6H2;1-2H3. The van der Waals surface area contributed by atoms with Gasteiger partial charge in [-0.25, -0.2) is 10.2 Å². The smallest absolute Gasteiger partial charge is 0.276 e. The first-order chi connectivity index (χ1) is 18.8. The Morgan fingerprint density at radius 3 is 2.18 bits per heavy atom. The van der Waals surface area contributed by atoms with Gasteiger partial charge in [0.05, 0.1) is 12.1 Å². The van der Waals surface area contributed by atoms with Crippen molar-refractivity contribution in [2.24, 2.45) is 0 Å². The second-order valence-electron chi connectivity index (χ2n) is 9.39. The van der Waals surface area contributed by atoms with Crippen LogP contribution in [0.4, 0.5) is 0 Å². The normalized spacial score (nSPS) is 14.5. The van der Waals surface area contributed by atoms with Crippen molar-refractivity contribution in [1.82, 2.24) is 15.2 Å². The molecule has 1 unspecified atom stereocenters. The van der Waals surface area contributed by atoms with Crippen molar-refractivity contribution >= 4 is 35.6 Å². The minimum atomic E-state index is -0.383. The molecule has 2 aliphatic rings. The van der Waals surface area contributed by atoms with Crippen LogP contribution < -0.4 is 5.32 Å². The SMILES string of the molecule is C1CCCCC1.CB(C#N)C(C)C(=O)NCC(=O)N1CCCC1.CC.O=C(c1cccc(O)c1)c1cscn1. The topological polar surface area (TPSA) is 123 Å². The van der Waals surface area contributed by atoms with Crippen LogP contribution in [-0.4, -0.2) is 58.9 Å². The minimum Gasteiger partial charge on any atom is -0.508 e. The van der Waals surface area contributed by atoms with Crippen LogP contribution in [-0.2, 0) is 9.59 Å². The van der Waals surface area contributed by atoms with Crippen molar-refractivity contribution in [2.45, 2.75) is 84.8 Å². The highest BCUT2D eigenvalue weighted by Gasteiger charge is 2.25. The Morgan fingerprint density at radius 2 is 1.69 bits per heavy atom. The molecule has 0 radical (unpaired) electrons. The van der Waals surface area contributed by atoms with Crippen molar-refractivity contribution in [1.29, 1.82) is 5.26 Å². The number of hydrogen-bond donors (Lipinski definition) is 2. The van der Waals surface area contributed by atoms with Crippen LogP contribution in [0.2, 0.25) is 12.6 Å². The molecule has 4 rings (SSSR count). The van der Waals surface area contributed by atoms with Crippen molar-refractivity contribution < 1.29 is 19.5 Å². The average molecular weight is 555 g/mol. The molecular formula is C29H43BN4O4S. The molecule has 1 atom stereocenters. The molecule has 2 heterocycles. The molecule has 2 fully saturated rings. The molecule has 39 heavy (non-hydrogen) atoms. The van der Waals surface area contributed by atoms with Crippen LogP contribution in [0, 0.1) is 11.2 Å². The summed E-state index contributed by atoms with van der Waals surface area (Å²) in [4.78, 5) is 40.7. The third-order valence-corrected chi connectivity index (χ3v) is 7.10. The zero-order valence-electron chi connectivity index (χ0n) is 23.8. The van der Waals surface area contributed by atoms with Gasteiger partial charge in [-0.05, 0) is 25.0 Å². The number of ketones is 1. The van der Waals surface area contributed by atoms with Crippen LogP contribution in [0.3, 0.4) is 0 Å². The highest BCUT2D eigenvalue weighted by molar-refractivity contribution is 7.07. The van der Waals surface area contributed by atoms with Crippen LogP contribution in [0.1, 0.15) is 88.2 Å². The van der Waals surface area contributed by atoms with Gasteiger partial charge in [-0.1, -0.05) is 78.3 Å². The van der Waals surface area contributed by atoms with Crippen LogP contribution >= 0.6 is 11.3 Å². The van der Waals surface area contributed by atoms with Gasteiger partial charge in [-0.3, -0.25) is 14.4 Å². The van der Waals surface area contributed by atoms with Crippen molar-refractivity contribution in [3.05, 3.63) is 46.4 Å². The zero-order valence-corrected chi connectivity index (χ0v) is 24.6. The van der Waals surface area contributed by atoms with E-state index in [0.29, 0.717) is 11.3 Å². The number of aromatic nitrogens is 1. The average Bonchev–Trinajstić information content (AvgIpc) is 3.73. The molecule has 212 valence electrons. The van der Waals surface area contributed by atoms with E-state index in [-0.39, 0.29) is 42.4 Å². The maximum Gasteiger partial charge on any atom is 0.276 e. The lowest BCUT2D eigenvalue weighted by molar-refractivity contribution is -0.131. The first kappa shape index (κ1) is 33.8. The van der Waals surface area contributed by atoms with Gasteiger partial charge in [0.2, 0.25) is 17.6 Å². The lowest BCUT2D eigenvalue weighted by atomic mass is 9.45. The molecule has 1 saturated carbocycles. The maximum atomic E-state index is 11.7. The monoisotopic (exact) mass is 554 g/mol. The Kier molecular flexibility index (Phi) is 17.2. The summed E-state index contributed by atoms with van der Waals surface area (Å²) < 4.78 is 0. The van der Waals surface area contributed by atoms with Gasteiger partial charge < -0.3 is 15.3 Å². The van der Waals surface area contributed by atoms with E-state index in [1.54, 1.807) is 41.7 Å². The summed E-state index contributed by atoms with van der Waals surface area (Å²) in [6.45, 7) is 8.69. The lowest BCUT2D eigenvalue weighted by Gasteiger charge is -2.17. The van der Waals surface area contributed by atoms with Gasteiger partial charge in [0, 0.05) is 35.8 Å². The summed E-state index contributed by atoms with van der Waals surface area (Å²) in [5.74, 6) is 1.31. The molecule has 1 aliphatic carbocycles. The highest BCUT2D eigenvalue weighted by Crippen LogP contribution is 2.16. The van der Waals surface area contributed by atoms with E-state index in [2.05, 4.69) is 10.3 Å². The summed E-state index contributed by atoms with van der Waals surface area (Å²) in [6, 6.07) is 6.25. The zero-order chi connectivity index (χ0) is 29.0. The second-order valence-corrected chi connectivity index (χ2v) is 10.1. The number of phenols is 1. The van der Waals surface area contributed by atoms with Crippen LogP contribution in [0.5, 0.6) is 5.75 Å². The molecule has 10 heteroatoms. The van der Waals surface area contributed by atoms with Crippen molar-refractivity contribution in [3.63, 3.8) is 0 Å². The van der Waals surface area contributed by atoms with Crippen LogP contribution in [0.25, 0.3) is 0 Å². The number of nitriles is 1. The van der Waals surface area contributed by atoms with Crippen molar-refractivity contribution in [3.8, 4) is 11.7 Å². The van der Waals surface area contributed by atoms with Crippen LogP contribution in [0.15, 0.2) is 35.2 Å². The molecule has 8 nitrogen and oxygen atoms in total. The fourth-order valence-electron chi connectivity index (χ4n) is 3.92. The molecule has 2 N–H and O–H groups in total. The van der Waals surface area contributed by atoms with Gasteiger partial charge in [-0.2, -0.15) is 0 Å². The van der Waals surface area contributed by atoms with E-state index in [1.807, 2.05) is 19.8 Å². The number of carbonyl (C=O) groups is 3. The Balaban J connectivity index is 0.000000308. The summed E-state index contributed by atoms with van der Waals surface area (Å²) in [6.07, 6.45) is 11.1. The van der Waals surface area contributed by atoms with E-state index < -0.39 is 0 Å². The predicted molar refractivity (Wildman–Crippen MR) is 158 cm³/mol. The Labute approximate surface area is 237 Å². The van der Waals surface area contributed by atoms with E-state index in [0.717, 1.165) is 25.9 Å². The summed E-state index contributed by atoms with van der Waals surface area (Å²) in [5.41, 5.74) is 2.48. The molecule has 2 amide bonds. The molecule has 0 bridgehead atoms. The molecule has 0 spiro atoms. The van der Waals surface area contributed by atoms with Gasteiger partial charge in [0.25, 0.3) is 6.71 Å². The first-order valence-corrected chi connectivity index (χ1v) is 14.9. The molecule has 2 aromatic rings. The number of nitrogens with one attached hydrogen (secondary N) is 1. The van der Waals surface area contributed by atoms with Gasteiger partial charge in [0.1, 0.15) is 11.4 Å². The Hall–Kier alpha value is -3.19. The largest absolute Gasteiger partial charge is 0.508 e. The number of nitrogens with zero attached hydrogens (tertiary/aromatic N) is 3. The second kappa shape index (κ2) is 19.8. The van der Waals surface area contributed by atoms with E-state index in [9.17, 15) is 19.5 Å². The number of carbonyl (C=O) groups excluding carboxylic acids is 3. The van der Waals surface area contributed by atoms with E-state index in [4.69, 9.17) is 5.26 Å². The minimum absolute atomic E-state index is 0.0346. The Bertz CT molecular complexity index is 1020. The number of aromatic hydroxyl groups is 1. The fraction of sp³-hybridized carbons (Fsp3) is 0.552. The molecule has 1 aliphatic heterocycles. The first-order valence-electron chi connectivity index (χ1n) is 14.0. The summed E-state index contributed by atoms with van der Waals surface area (Å²) in [7, 11) is 0. The van der Waals surface area contributed by atoms with Gasteiger partial charge in [-0.15, -0.1) is 11.3 Å². The van der Waals surface area contributed by atoms with Gasteiger partial charge >= 0.3 is 0 Å². The highest BCUT2D eigenvalue weighted by atomic mass is 32.1. The Morgan fingerprint density at radius 1 is 1.10 bits per heavy atom. The van der Waals surface area contributed by atoms with E-state index in [1.165, 1.54) is 62.0 Å².